The molecule has 8 N–H and O–H groups in total. The molecule has 0 radical (unpaired) electrons. The number of benzene rings is 3. The van der Waals surface area contributed by atoms with Gasteiger partial charge in [-0.25, -0.2) is 0 Å². The van der Waals surface area contributed by atoms with Gasteiger partial charge in [0.1, 0.15) is 66.1 Å². The van der Waals surface area contributed by atoms with Gasteiger partial charge >= 0.3 is 0 Å². The molecule has 0 unspecified atom stereocenters. The number of aromatic hydroxyl groups is 1. The summed E-state index contributed by atoms with van der Waals surface area (Å²) in [5.41, 5.74) is 0. The van der Waals surface area contributed by atoms with Crippen molar-refractivity contribution >= 4 is 21.5 Å². The highest BCUT2D eigenvalue weighted by Gasteiger charge is 2.47. The van der Waals surface area contributed by atoms with Crippen molar-refractivity contribution in [2.75, 3.05) is 20.3 Å². The lowest BCUT2D eigenvalue weighted by Crippen LogP contribution is -2.62. The highest BCUT2D eigenvalue weighted by atomic mass is 16.7. The van der Waals surface area contributed by atoms with E-state index in [1.54, 1.807) is 24.3 Å². The Morgan fingerprint density at radius 3 is 2.08 bits per heavy atom. The second-order valence-electron chi connectivity index (χ2n) is 9.83. The molecule has 3 aromatic rings. The maximum Gasteiger partial charge on any atom is 0.229 e. The van der Waals surface area contributed by atoms with Crippen LogP contribution in [0.25, 0.3) is 21.5 Å². The third-order valence-corrected chi connectivity index (χ3v) is 7.29. The largest absolute Gasteiger partial charge is 0.507 e. The van der Waals surface area contributed by atoms with E-state index in [1.165, 1.54) is 13.2 Å². The summed E-state index contributed by atoms with van der Waals surface area (Å²) >= 11 is 0. The van der Waals surface area contributed by atoms with Gasteiger partial charge in [0.05, 0.1) is 20.3 Å². The zero-order valence-electron chi connectivity index (χ0n) is 21.3. The Morgan fingerprint density at radius 1 is 0.725 bits per heavy atom. The molecule has 0 saturated carbocycles. The van der Waals surface area contributed by atoms with Crippen LogP contribution in [0.2, 0.25) is 0 Å². The lowest BCUT2D eigenvalue weighted by Gasteiger charge is -2.42. The summed E-state index contributed by atoms with van der Waals surface area (Å²) in [6, 6.07) is 11.9. The molecule has 2 heterocycles. The minimum absolute atomic E-state index is 0.0699. The highest BCUT2D eigenvalue weighted by Crippen LogP contribution is 2.40. The van der Waals surface area contributed by atoms with Crippen LogP contribution in [0.1, 0.15) is 0 Å². The van der Waals surface area contributed by atoms with E-state index < -0.39 is 74.6 Å². The van der Waals surface area contributed by atoms with Crippen LogP contribution in [0.4, 0.5) is 0 Å². The maximum atomic E-state index is 10.6. The van der Waals surface area contributed by atoms with Crippen LogP contribution in [0, 0.1) is 0 Å². The molecule has 40 heavy (non-hydrogen) atoms. The number of hydrogen-bond donors (Lipinski definition) is 8. The van der Waals surface area contributed by atoms with E-state index in [-0.39, 0.29) is 11.5 Å². The SMILES string of the molecule is COc1cc(O[C@@H]2O[C@H](CO[C@@H]3O[C@H](CO)[C@@H](O)[C@H](O)[C@H]3O)[C@@H](O)[C@H](O)[C@H]2O)cc2ccc3cccc(O)c3c12. The number of aliphatic hydroxyl groups is 7. The Balaban J connectivity index is 1.35. The predicted octanol–water partition coefficient (Wildman–Crippen LogP) is -1.29. The van der Waals surface area contributed by atoms with Gasteiger partial charge in [0.2, 0.25) is 6.29 Å². The fourth-order valence-electron chi connectivity index (χ4n) is 5.07. The number of methoxy groups -OCH3 is 1. The van der Waals surface area contributed by atoms with Crippen molar-refractivity contribution in [2.45, 2.75) is 61.4 Å². The summed E-state index contributed by atoms with van der Waals surface area (Å²) in [6.45, 7) is -1.14. The van der Waals surface area contributed by atoms with Crippen LogP contribution in [0.3, 0.4) is 0 Å². The third kappa shape index (κ3) is 5.17. The van der Waals surface area contributed by atoms with Gasteiger partial charge in [-0.15, -0.1) is 0 Å². The molecule has 2 aliphatic rings. The van der Waals surface area contributed by atoms with E-state index in [4.69, 9.17) is 23.7 Å². The van der Waals surface area contributed by atoms with Gasteiger partial charge in [-0.2, -0.15) is 0 Å². The molecule has 0 amide bonds. The Labute approximate surface area is 227 Å². The molecule has 2 saturated heterocycles. The van der Waals surface area contributed by atoms with Crippen LogP contribution in [-0.2, 0) is 14.2 Å². The monoisotopic (exact) mass is 564 g/mol. The Kier molecular flexibility index (Phi) is 8.31. The number of phenolic OH excluding ortho intramolecular Hbond substituents is 1. The summed E-state index contributed by atoms with van der Waals surface area (Å²) in [4.78, 5) is 0. The van der Waals surface area contributed by atoms with E-state index >= 15 is 0 Å². The molecule has 218 valence electrons. The van der Waals surface area contributed by atoms with Crippen molar-refractivity contribution in [1.29, 1.82) is 0 Å². The second kappa shape index (κ2) is 11.6. The van der Waals surface area contributed by atoms with Gasteiger partial charge in [0, 0.05) is 16.8 Å². The number of ether oxygens (including phenoxy) is 5. The van der Waals surface area contributed by atoms with Gasteiger partial charge in [-0.05, 0) is 22.9 Å². The van der Waals surface area contributed by atoms with Crippen molar-refractivity contribution in [1.82, 2.24) is 0 Å². The van der Waals surface area contributed by atoms with Crippen LogP contribution in [0.5, 0.6) is 17.2 Å². The van der Waals surface area contributed by atoms with Crippen molar-refractivity contribution in [3.8, 4) is 17.2 Å². The first-order chi connectivity index (χ1) is 19.1. The molecule has 2 aliphatic heterocycles. The van der Waals surface area contributed by atoms with E-state index in [1.807, 2.05) is 12.1 Å². The van der Waals surface area contributed by atoms with Crippen molar-refractivity contribution in [3.63, 3.8) is 0 Å². The first kappa shape index (κ1) is 28.7. The van der Waals surface area contributed by atoms with Crippen molar-refractivity contribution < 1.29 is 64.5 Å². The van der Waals surface area contributed by atoms with Crippen LogP contribution in [-0.4, -0.2) is 123 Å². The fraction of sp³-hybridized carbons (Fsp3) is 0.481. The van der Waals surface area contributed by atoms with E-state index in [2.05, 4.69) is 0 Å². The summed E-state index contributed by atoms with van der Waals surface area (Å²) in [7, 11) is 1.45. The van der Waals surface area contributed by atoms with Crippen molar-refractivity contribution in [3.05, 3.63) is 42.5 Å². The minimum atomic E-state index is -1.70. The zero-order valence-corrected chi connectivity index (χ0v) is 21.3. The molecule has 5 rings (SSSR count). The van der Waals surface area contributed by atoms with Crippen molar-refractivity contribution in [2.24, 2.45) is 0 Å². The molecule has 13 nitrogen and oxygen atoms in total. The third-order valence-electron chi connectivity index (χ3n) is 7.29. The molecule has 0 aromatic heterocycles. The molecule has 13 heteroatoms. The predicted molar refractivity (Wildman–Crippen MR) is 137 cm³/mol. The Hall–Kier alpha value is -2.82. The standard InChI is InChI=1S/C27H32O13/c1-36-15-8-13(7-12-6-5-11-3-2-4-14(29)18(11)19(12)15)38-27-25(35)23(33)21(31)17(40-27)10-37-26-24(34)22(32)20(30)16(9-28)39-26/h2-8,16-17,20-35H,9-10H2,1H3/t16-,17-,20-,21-,22+,23+,24-,25-,26-,27-/m1/s1. The van der Waals surface area contributed by atoms with Crippen LogP contribution in [0.15, 0.2) is 42.5 Å². The maximum absolute atomic E-state index is 10.6. The van der Waals surface area contributed by atoms with Gasteiger partial charge in [-0.3, -0.25) is 0 Å². The zero-order chi connectivity index (χ0) is 28.7. The topological polar surface area (TPSA) is 208 Å². The molecular formula is C27H32O13. The van der Waals surface area contributed by atoms with E-state index in [0.717, 1.165) is 5.39 Å². The highest BCUT2D eigenvalue weighted by molar-refractivity contribution is 6.13. The second-order valence-corrected chi connectivity index (χ2v) is 9.83. The molecule has 0 bridgehead atoms. The lowest BCUT2D eigenvalue weighted by atomic mass is 9.98. The van der Waals surface area contributed by atoms with Gasteiger partial charge in [-0.1, -0.05) is 24.3 Å². The Morgan fingerprint density at radius 2 is 1.38 bits per heavy atom. The fourth-order valence-corrected chi connectivity index (χ4v) is 5.07. The number of aliphatic hydroxyl groups excluding tert-OH is 7. The first-order valence-corrected chi connectivity index (χ1v) is 12.7. The molecule has 0 spiro atoms. The number of rotatable bonds is 7. The summed E-state index contributed by atoms with van der Waals surface area (Å²) in [6.07, 6.45) is -15.4. The molecular weight excluding hydrogens is 532 g/mol. The lowest BCUT2D eigenvalue weighted by molar-refractivity contribution is -0.323. The smallest absolute Gasteiger partial charge is 0.229 e. The van der Waals surface area contributed by atoms with Gasteiger partial charge in [0.25, 0.3) is 0 Å². The summed E-state index contributed by atoms with van der Waals surface area (Å²) < 4.78 is 27.9. The summed E-state index contributed by atoms with van der Waals surface area (Å²) in [5, 5.41) is 84.1. The average molecular weight is 565 g/mol. The molecule has 0 aliphatic carbocycles. The van der Waals surface area contributed by atoms with Crippen LogP contribution >= 0.6 is 0 Å². The quantitative estimate of drug-likeness (QED) is 0.157. The minimum Gasteiger partial charge on any atom is -0.507 e. The van der Waals surface area contributed by atoms with E-state index in [9.17, 15) is 40.9 Å². The molecule has 3 aromatic carbocycles. The first-order valence-electron chi connectivity index (χ1n) is 12.7. The molecule has 2 fully saturated rings. The number of hydrogen-bond acceptors (Lipinski definition) is 13. The van der Waals surface area contributed by atoms with Crippen LogP contribution < -0.4 is 9.47 Å². The van der Waals surface area contributed by atoms with Gasteiger partial charge in [0.15, 0.2) is 6.29 Å². The number of fused-ring (bicyclic) bond motifs is 3. The Bertz CT molecular complexity index is 1330. The van der Waals surface area contributed by atoms with E-state index in [0.29, 0.717) is 21.9 Å². The number of phenols is 1. The van der Waals surface area contributed by atoms with Gasteiger partial charge < -0.3 is 64.5 Å². The normalized spacial score (nSPS) is 34.7. The molecule has 10 atom stereocenters. The summed E-state index contributed by atoms with van der Waals surface area (Å²) in [5.74, 6) is 0.633. The average Bonchev–Trinajstić information content (AvgIpc) is 2.96.